The molecule has 0 spiro atoms. The van der Waals surface area contributed by atoms with Gasteiger partial charge >= 0.3 is 49.9 Å². The van der Waals surface area contributed by atoms with Gasteiger partial charge in [0.25, 0.3) is 0 Å². The number of halogens is 4. The molecule has 68 heavy (non-hydrogen) atoms. The summed E-state index contributed by atoms with van der Waals surface area (Å²) in [6, 6.07) is 13.3. The quantitative estimate of drug-likeness (QED) is 0.0353. The maximum atomic E-state index is 11.2. The molecule has 4 aromatic rings. The van der Waals surface area contributed by atoms with Crippen LogP contribution in [0.2, 0.25) is 11.5 Å². The zero-order chi connectivity index (χ0) is 48.0. The number of hydrogen-bond donors (Lipinski definition) is 1. The fourth-order valence-corrected chi connectivity index (χ4v) is 5.31. The average molecular weight is 1300 g/mol. The number of aromatic nitrogens is 4. The van der Waals surface area contributed by atoms with Crippen LogP contribution in [0, 0.1) is 0 Å². The number of carbonyl (C=O) groups excluding carboxylic acids is 3. The summed E-state index contributed by atoms with van der Waals surface area (Å²) in [5.74, 6) is -2.03. The number of ether oxygens (including phenoxy) is 3. The molecule has 0 saturated carbocycles. The van der Waals surface area contributed by atoms with Crippen LogP contribution >= 0.6 is 72.8 Å². The van der Waals surface area contributed by atoms with Crippen LogP contribution in [-0.2, 0) is 42.8 Å². The van der Waals surface area contributed by atoms with Crippen LogP contribution in [-0.4, -0.2) is 99.5 Å². The molecule has 0 unspecified atom stereocenters. The number of allylic oxidation sites excluding steroid dienone is 2. The standard InChI is InChI=1S/C10H13NO2.C10H11NO2.C9H17BO2.C9H11NO2.C7H6ClNO2.CH4.I2.HI.Li.2H2O/c2*1-3-5-9-8(10(12)13-2)6-4-7-11-9;1-6-7-10-11-8(2,3)9(4,5)12-10;1-2-4-8-7(9(11)12)5-3-6-10-8;1-11-7(10)5-3-2-4-9-6(5)8;;1-2;;;;/h4,6-7H,3,5H2,1-2H3;3-4,6-7H,1,5H2,2H3;6H,1,7H2,2-5H3;3,5-6H,2,4H2,1H3,(H,11,12);2-4H,1H3;1H4;;1H;;2*1H2/q;;;;;;;;+1;;/p-1. The van der Waals surface area contributed by atoms with E-state index in [2.05, 4.69) is 119 Å². The van der Waals surface area contributed by atoms with Gasteiger partial charge in [-0.2, -0.15) is 0 Å². The third-order valence-corrected chi connectivity index (χ3v) is 9.15. The summed E-state index contributed by atoms with van der Waals surface area (Å²) in [5, 5.41) is 8.92. The molecule has 1 fully saturated rings. The van der Waals surface area contributed by atoms with E-state index in [0.29, 0.717) is 34.5 Å². The van der Waals surface area contributed by atoms with Crippen LogP contribution in [0.3, 0.4) is 0 Å². The van der Waals surface area contributed by atoms with Crippen LogP contribution < -0.4 is 18.9 Å². The SMILES string of the molecule is C.C=CCB1OC(C)(C)C(C)(C)O1.C=CCc1ncccc1C(=O)OC.CCCc1ncccc1C(=O)O.CCCc1ncccc1C(=O)OC.COC(=O)c1cccnc1Cl.I.II.O.[Li+].[OH-]. The average Bonchev–Trinajstić information content (AvgIpc) is 3.49. The first-order chi connectivity index (χ1) is 30.0. The first-order valence-corrected chi connectivity index (χ1v) is 26.3. The third kappa shape index (κ3) is 27.4. The molecule has 4 aromatic heterocycles. The molecule has 5 heterocycles. The number of hydrogen-bond acceptors (Lipinski definition) is 14. The van der Waals surface area contributed by atoms with Gasteiger partial charge < -0.3 is 39.6 Å². The number of methoxy groups -OCH3 is 3. The van der Waals surface area contributed by atoms with E-state index in [1.54, 1.807) is 73.2 Å². The van der Waals surface area contributed by atoms with Gasteiger partial charge in [-0.1, -0.05) is 57.9 Å². The zero-order valence-electron chi connectivity index (χ0n) is 39.7. The number of carboxylic acids is 1. The summed E-state index contributed by atoms with van der Waals surface area (Å²) >= 11 is 9.83. The second kappa shape index (κ2) is 42.8. The number of pyridine rings is 4. The van der Waals surface area contributed by atoms with E-state index < -0.39 is 11.9 Å². The van der Waals surface area contributed by atoms with Crippen molar-refractivity contribution >= 4 is 104 Å². The molecule has 22 heteroatoms. The minimum Gasteiger partial charge on any atom is -0.870 e. The molecule has 5 rings (SSSR count). The number of esters is 3. The molecule has 1 aliphatic rings. The first kappa shape index (κ1) is 76.4. The maximum Gasteiger partial charge on any atom is 1.00 e. The predicted molar refractivity (Wildman–Crippen MR) is 292 cm³/mol. The van der Waals surface area contributed by atoms with Crippen LogP contribution in [0.25, 0.3) is 0 Å². The monoisotopic (exact) mass is 1300 g/mol. The van der Waals surface area contributed by atoms with Crippen molar-refractivity contribution in [2.24, 2.45) is 0 Å². The van der Waals surface area contributed by atoms with Crippen molar-refractivity contribution in [3.63, 3.8) is 0 Å². The molecular weight excluding hydrogens is 1230 g/mol. The Morgan fingerprint density at radius 2 is 1.03 bits per heavy atom. The van der Waals surface area contributed by atoms with Gasteiger partial charge in [0, 0.05) is 74.8 Å². The minimum atomic E-state index is -0.897. The Morgan fingerprint density at radius 3 is 1.38 bits per heavy atom. The Kier molecular flexibility index (Phi) is 48.1. The summed E-state index contributed by atoms with van der Waals surface area (Å²) in [6.07, 6.45) is 14.7. The molecule has 0 bridgehead atoms. The molecule has 0 aliphatic carbocycles. The van der Waals surface area contributed by atoms with Crippen LogP contribution in [0.15, 0.2) is 98.6 Å². The Balaban J connectivity index is -0.000000172. The van der Waals surface area contributed by atoms with Crippen molar-refractivity contribution < 1.29 is 77.6 Å². The van der Waals surface area contributed by atoms with Crippen LogP contribution in [0.5, 0.6) is 0 Å². The Morgan fingerprint density at radius 1 is 0.691 bits per heavy atom. The molecule has 1 saturated heterocycles. The van der Waals surface area contributed by atoms with Crippen molar-refractivity contribution in [1.82, 2.24) is 19.9 Å². The number of rotatable bonds is 12. The van der Waals surface area contributed by atoms with E-state index in [4.69, 9.17) is 26.0 Å². The Labute approximate surface area is 460 Å². The van der Waals surface area contributed by atoms with Crippen LogP contribution in [0.1, 0.15) is 120 Å². The van der Waals surface area contributed by atoms with E-state index in [9.17, 15) is 19.2 Å². The van der Waals surface area contributed by atoms with Crippen molar-refractivity contribution in [1.29, 1.82) is 0 Å². The molecule has 374 valence electrons. The van der Waals surface area contributed by atoms with E-state index in [-0.39, 0.29) is 102 Å². The predicted octanol–water partition coefficient (Wildman–Crippen LogP) is 7.96. The number of carboxylic acid groups (broad SMARTS) is 1. The molecule has 4 N–H and O–H groups in total. The summed E-state index contributed by atoms with van der Waals surface area (Å²) in [6.45, 7) is 19.5. The largest absolute Gasteiger partial charge is 1.00 e. The third-order valence-electron chi connectivity index (χ3n) is 8.85. The van der Waals surface area contributed by atoms with Gasteiger partial charge in [-0.15, -0.1) is 37.1 Å². The normalized spacial score (nSPS) is 11.5. The van der Waals surface area contributed by atoms with E-state index in [1.807, 2.05) is 13.0 Å². The Bertz CT molecular complexity index is 2040. The molecule has 16 nitrogen and oxygen atoms in total. The van der Waals surface area contributed by atoms with Crippen LogP contribution in [0.4, 0.5) is 0 Å². The van der Waals surface area contributed by atoms with Crippen molar-refractivity contribution in [3.05, 3.63) is 143 Å². The minimum absolute atomic E-state index is 0. The van der Waals surface area contributed by atoms with Crippen molar-refractivity contribution in [3.8, 4) is 0 Å². The number of carbonyl (C=O) groups is 4. The summed E-state index contributed by atoms with van der Waals surface area (Å²) in [7, 11) is 3.91. The second-order valence-corrected chi connectivity index (χ2v) is 14.2. The summed E-state index contributed by atoms with van der Waals surface area (Å²) in [5.41, 5.74) is 3.46. The molecular formula is C46H66BClI3LiN4O12. The zero-order valence-corrected chi connectivity index (χ0v) is 47.1. The smallest absolute Gasteiger partial charge is 0.870 e. The first-order valence-electron chi connectivity index (χ1n) is 19.6. The van der Waals surface area contributed by atoms with E-state index in [0.717, 1.165) is 37.7 Å². The molecule has 0 aromatic carbocycles. The maximum absolute atomic E-state index is 11.2. The fraction of sp³-hybridized carbons (Fsp3) is 0.391. The van der Waals surface area contributed by atoms with E-state index in [1.165, 1.54) is 27.5 Å². The topological polar surface area (TPSA) is 248 Å². The van der Waals surface area contributed by atoms with Crippen molar-refractivity contribution in [2.45, 2.75) is 98.6 Å². The summed E-state index contributed by atoms with van der Waals surface area (Å²) < 4.78 is 25.1. The number of aromatic carboxylic acids is 1. The molecule has 1 aliphatic heterocycles. The van der Waals surface area contributed by atoms with Gasteiger partial charge in [-0.25, -0.2) is 24.2 Å². The van der Waals surface area contributed by atoms with Crippen molar-refractivity contribution in [2.75, 3.05) is 21.3 Å². The number of nitrogens with zero attached hydrogens (tertiary/aromatic N) is 4. The van der Waals surface area contributed by atoms with Gasteiger partial charge in [0.1, 0.15) is 5.15 Å². The molecule has 0 atom stereocenters. The number of aryl methyl sites for hydroxylation is 2. The molecule has 0 amide bonds. The molecule has 0 radical (unpaired) electrons. The second-order valence-electron chi connectivity index (χ2n) is 13.8. The fourth-order valence-electron chi connectivity index (χ4n) is 5.12. The van der Waals surface area contributed by atoms with Gasteiger partial charge in [-0.05, 0) is 89.1 Å². The Hall–Kier alpha value is -3.06. The summed E-state index contributed by atoms with van der Waals surface area (Å²) in [4.78, 5) is 59.9. The van der Waals surface area contributed by atoms with Gasteiger partial charge in [0.15, 0.2) is 0 Å². The van der Waals surface area contributed by atoms with Gasteiger partial charge in [0.05, 0.1) is 71.9 Å². The van der Waals surface area contributed by atoms with Gasteiger partial charge in [0.2, 0.25) is 0 Å². The van der Waals surface area contributed by atoms with Gasteiger partial charge in [-0.3, -0.25) is 15.0 Å². The van der Waals surface area contributed by atoms with E-state index >= 15 is 0 Å².